The Labute approximate surface area is 184 Å². The number of benzene rings is 2. The first kappa shape index (κ1) is 23.3. The van der Waals surface area contributed by atoms with E-state index in [0.717, 1.165) is 33.0 Å². The molecule has 6 heteroatoms. The zero-order valence-electron chi connectivity index (χ0n) is 18.1. The van der Waals surface area contributed by atoms with Crippen molar-refractivity contribution in [2.45, 2.75) is 34.1 Å². The van der Waals surface area contributed by atoms with Gasteiger partial charge in [-0.05, 0) is 70.1 Å². The first-order valence-electron chi connectivity index (χ1n) is 9.63. The van der Waals surface area contributed by atoms with Crippen LogP contribution in [-0.2, 0) is 11.2 Å². The Balaban J connectivity index is 0.00000300. The lowest BCUT2D eigenvalue weighted by Crippen LogP contribution is -2.37. The average Bonchev–Trinajstić information content (AvgIpc) is 3.02. The third-order valence-corrected chi connectivity index (χ3v) is 6.19. The van der Waals surface area contributed by atoms with Gasteiger partial charge in [-0.1, -0.05) is 41.2 Å². The predicted molar refractivity (Wildman–Crippen MR) is 127 cm³/mol. The van der Waals surface area contributed by atoms with Gasteiger partial charge in [0, 0.05) is 13.1 Å². The SMILES string of the molecule is Cc1ccc(C)c(CC(=O)N(CCN(C)C)c2nc3cc(C)cc(C)c3s2)c1.Cl. The molecule has 0 bridgehead atoms. The highest BCUT2D eigenvalue weighted by atomic mass is 35.5. The summed E-state index contributed by atoms with van der Waals surface area (Å²) in [6.45, 7) is 9.76. The van der Waals surface area contributed by atoms with Gasteiger partial charge in [0.15, 0.2) is 5.13 Å². The lowest BCUT2D eigenvalue weighted by Gasteiger charge is -2.22. The molecule has 1 amide bonds. The second-order valence-corrected chi connectivity index (χ2v) is 8.86. The number of aryl methyl sites for hydroxylation is 4. The number of anilines is 1. The van der Waals surface area contributed by atoms with Gasteiger partial charge in [-0.25, -0.2) is 4.98 Å². The van der Waals surface area contributed by atoms with E-state index >= 15 is 0 Å². The summed E-state index contributed by atoms with van der Waals surface area (Å²) in [7, 11) is 4.05. The molecule has 0 spiro atoms. The molecule has 1 aromatic heterocycles. The molecule has 3 rings (SSSR count). The minimum absolute atomic E-state index is 0. The fourth-order valence-electron chi connectivity index (χ4n) is 3.36. The highest BCUT2D eigenvalue weighted by molar-refractivity contribution is 7.22. The molecule has 29 heavy (non-hydrogen) atoms. The van der Waals surface area contributed by atoms with Crippen LogP contribution >= 0.6 is 23.7 Å². The van der Waals surface area contributed by atoms with Gasteiger partial charge in [-0.3, -0.25) is 9.69 Å². The van der Waals surface area contributed by atoms with Crippen LogP contribution in [0.3, 0.4) is 0 Å². The topological polar surface area (TPSA) is 36.4 Å². The highest BCUT2D eigenvalue weighted by Gasteiger charge is 2.21. The number of fused-ring (bicyclic) bond motifs is 1. The molecule has 2 aromatic carbocycles. The smallest absolute Gasteiger partial charge is 0.233 e. The van der Waals surface area contributed by atoms with Crippen molar-refractivity contribution in [3.8, 4) is 0 Å². The van der Waals surface area contributed by atoms with Crippen molar-refractivity contribution in [1.29, 1.82) is 0 Å². The molecule has 156 valence electrons. The van der Waals surface area contributed by atoms with Crippen molar-refractivity contribution >= 4 is 45.0 Å². The zero-order valence-corrected chi connectivity index (χ0v) is 19.7. The average molecular weight is 432 g/mol. The quantitative estimate of drug-likeness (QED) is 0.545. The minimum Gasteiger partial charge on any atom is -0.308 e. The summed E-state index contributed by atoms with van der Waals surface area (Å²) in [5, 5.41) is 0.792. The molecule has 4 nitrogen and oxygen atoms in total. The third kappa shape index (κ3) is 5.56. The van der Waals surface area contributed by atoms with Gasteiger partial charge in [0.1, 0.15) is 0 Å². The van der Waals surface area contributed by atoms with E-state index in [1.165, 1.54) is 16.7 Å². The Morgan fingerprint density at radius 2 is 1.69 bits per heavy atom. The Morgan fingerprint density at radius 1 is 0.966 bits per heavy atom. The number of nitrogens with zero attached hydrogens (tertiary/aromatic N) is 3. The van der Waals surface area contributed by atoms with Crippen LogP contribution < -0.4 is 4.90 Å². The Kier molecular flexibility index (Phi) is 7.80. The number of halogens is 1. The van der Waals surface area contributed by atoms with E-state index in [2.05, 4.69) is 62.9 Å². The van der Waals surface area contributed by atoms with Crippen molar-refractivity contribution in [2.24, 2.45) is 0 Å². The van der Waals surface area contributed by atoms with Gasteiger partial charge in [0.25, 0.3) is 0 Å². The maximum Gasteiger partial charge on any atom is 0.233 e. The van der Waals surface area contributed by atoms with Crippen molar-refractivity contribution in [1.82, 2.24) is 9.88 Å². The van der Waals surface area contributed by atoms with Gasteiger partial charge in [0.05, 0.1) is 16.6 Å². The number of aromatic nitrogens is 1. The summed E-state index contributed by atoms with van der Waals surface area (Å²) >= 11 is 1.61. The summed E-state index contributed by atoms with van der Waals surface area (Å²) in [5.41, 5.74) is 6.82. The molecular weight excluding hydrogens is 402 g/mol. The minimum atomic E-state index is 0. The van der Waals surface area contributed by atoms with E-state index in [1.807, 2.05) is 19.0 Å². The first-order chi connectivity index (χ1) is 13.2. The van der Waals surface area contributed by atoms with Crippen molar-refractivity contribution in [3.63, 3.8) is 0 Å². The summed E-state index contributed by atoms with van der Waals surface area (Å²) < 4.78 is 1.16. The van der Waals surface area contributed by atoms with Crippen LogP contribution in [0.4, 0.5) is 5.13 Å². The second kappa shape index (κ2) is 9.70. The fourth-order valence-corrected chi connectivity index (χ4v) is 4.42. The molecule has 1 heterocycles. The Hall–Kier alpha value is -1.95. The van der Waals surface area contributed by atoms with E-state index in [1.54, 1.807) is 11.3 Å². The lowest BCUT2D eigenvalue weighted by atomic mass is 10.0. The number of amides is 1. The highest BCUT2D eigenvalue weighted by Crippen LogP contribution is 2.32. The lowest BCUT2D eigenvalue weighted by molar-refractivity contribution is -0.118. The normalized spacial score (nSPS) is 11.0. The standard InChI is InChI=1S/C23H29N3OS.ClH/c1-15-7-8-17(3)19(12-15)14-21(27)26(10-9-25(5)6)23-24-20-13-16(2)11-18(4)22(20)28-23;/h7-8,11-13H,9-10,14H2,1-6H3;1H. The molecule has 0 fully saturated rings. The molecular formula is C23H30ClN3OS. The molecule has 0 aliphatic heterocycles. The van der Waals surface area contributed by atoms with Gasteiger partial charge < -0.3 is 4.90 Å². The summed E-state index contributed by atoms with van der Waals surface area (Å²) in [6.07, 6.45) is 0.398. The van der Waals surface area contributed by atoms with Crippen LogP contribution in [0.15, 0.2) is 30.3 Å². The summed E-state index contributed by atoms with van der Waals surface area (Å²) in [4.78, 5) is 22.1. The molecule has 0 aliphatic rings. The van der Waals surface area contributed by atoms with Crippen LogP contribution in [0, 0.1) is 27.7 Å². The first-order valence-corrected chi connectivity index (χ1v) is 10.5. The third-order valence-electron chi connectivity index (χ3n) is 4.96. The van der Waals surface area contributed by atoms with Crippen molar-refractivity contribution < 1.29 is 4.79 Å². The Bertz CT molecular complexity index is 1010. The van der Waals surface area contributed by atoms with Crippen LogP contribution in [0.25, 0.3) is 10.2 Å². The monoisotopic (exact) mass is 431 g/mol. The summed E-state index contributed by atoms with van der Waals surface area (Å²) in [5.74, 6) is 0.101. The number of thiazole rings is 1. The Morgan fingerprint density at radius 3 is 2.38 bits per heavy atom. The van der Waals surface area contributed by atoms with Crippen molar-refractivity contribution in [2.75, 3.05) is 32.1 Å². The molecule has 0 saturated carbocycles. The number of hydrogen-bond acceptors (Lipinski definition) is 4. The van der Waals surface area contributed by atoms with Gasteiger partial charge in [-0.15, -0.1) is 12.4 Å². The molecule has 0 atom stereocenters. The number of likely N-dealkylation sites (N-methyl/N-ethyl adjacent to an activating group) is 1. The molecule has 0 radical (unpaired) electrons. The van der Waals surface area contributed by atoms with Crippen LogP contribution in [0.1, 0.15) is 27.8 Å². The largest absolute Gasteiger partial charge is 0.308 e. The number of carbonyl (C=O) groups excluding carboxylic acids is 1. The fraction of sp³-hybridized carbons (Fsp3) is 0.391. The molecule has 3 aromatic rings. The van der Waals surface area contributed by atoms with Crippen molar-refractivity contribution in [3.05, 3.63) is 58.1 Å². The summed E-state index contributed by atoms with van der Waals surface area (Å²) in [6, 6.07) is 10.6. The maximum absolute atomic E-state index is 13.3. The van der Waals surface area contributed by atoms with Crippen LogP contribution in [-0.4, -0.2) is 43.0 Å². The van der Waals surface area contributed by atoms with E-state index < -0.39 is 0 Å². The second-order valence-electron chi connectivity index (χ2n) is 7.88. The van der Waals surface area contributed by atoms with E-state index in [0.29, 0.717) is 13.0 Å². The van der Waals surface area contributed by atoms with Gasteiger partial charge >= 0.3 is 0 Å². The van der Waals surface area contributed by atoms with Gasteiger partial charge in [-0.2, -0.15) is 0 Å². The van der Waals surface area contributed by atoms with Gasteiger partial charge in [0.2, 0.25) is 5.91 Å². The zero-order chi connectivity index (χ0) is 20.4. The van der Waals surface area contributed by atoms with E-state index in [9.17, 15) is 4.79 Å². The van der Waals surface area contributed by atoms with E-state index in [-0.39, 0.29) is 18.3 Å². The number of carbonyl (C=O) groups is 1. The number of hydrogen-bond donors (Lipinski definition) is 0. The van der Waals surface area contributed by atoms with Crippen LogP contribution in [0.5, 0.6) is 0 Å². The molecule has 0 saturated heterocycles. The van der Waals surface area contributed by atoms with E-state index in [4.69, 9.17) is 4.98 Å². The predicted octanol–water partition coefficient (Wildman–Crippen LogP) is 5.09. The maximum atomic E-state index is 13.3. The molecule has 0 unspecified atom stereocenters. The molecule has 0 N–H and O–H groups in total. The van der Waals surface area contributed by atoms with Crippen LogP contribution in [0.2, 0.25) is 0 Å². The number of rotatable bonds is 6. The molecule has 0 aliphatic carbocycles.